The number of phenolic OH excluding ortho intramolecular Hbond substituents is 2. The molecule has 9 nitrogen and oxygen atoms in total. The Balaban J connectivity index is 2.03. The third-order valence-corrected chi connectivity index (χ3v) is 6.24. The Morgan fingerprint density at radius 3 is 2.12 bits per heavy atom. The summed E-state index contributed by atoms with van der Waals surface area (Å²) in [5, 5.41) is 25.1. The predicted octanol–water partition coefficient (Wildman–Crippen LogP) is 5.29. The number of aryl methyl sites for hydroxylation is 1. The first-order valence-corrected chi connectivity index (χ1v) is 13.1. The smallest absolute Gasteiger partial charge is 0.408 e. The third kappa shape index (κ3) is 8.40. The third-order valence-electron chi connectivity index (χ3n) is 5.93. The molecule has 0 spiro atoms. The Hall–Kier alpha value is -4.68. The zero-order chi connectivity index (χ0) is 30.3. The topological polar surface area (TPSA) is 128 Å². The SMILES string of the molecule is C#CN(C(=O)C(Cc1ccc(O)cc1)NC(=O)OC(C)(C)C)C(C(=O)Nc1c(C)cccc1Cl)c1ccc(O)cc1. The normalized spacial score (nSPS) is 12.4. The highest BCUT2D eigenvalue weighted by atomic mass is 35.5. The summed E-state index contributed by atoms with van der Waals surface area (Å²) in [4.78, 5) is 41.4. The van der Waals surface area contributed by atoms with Gasteiger partial charge in [-0.1, -0.05) is 54.4 Å². The summed E-state index contributed by atoms with van der Waals surface area (Å²) in [7, 11) is 0. The van der Waals surface area contributed by atoms with Crippen LogP contribution < -0.4 is 10.6 Å². The number of halogens is 1. The number of ether oxygens (including phenoxy) is 1. The molecule has 3 aromatic rings. The fourth-order valence-electron chi connectivity index (χ4n) is 4.01. The van der Waals surface area contributed by atoms with E-state index in [1.54, 1.807) is 58.0 Å². The summed E-state index contributed by atoms with van der Waals surface area (Å²) in [5.74, 6) is -1.46. The van der Waals surface area contributed by atoms with Gasteiger partial charge in [0.25, 0.3) is 11.8 Å². The maximum atomic E-state index is 14.0. The lowest BCUT2D eigenvalue weighted by Gasteiger charge is -2.30. The molecule has 0 aliphatic carbocycles. The van der Waals surface area contributed by atoms with Crippen molar-refractivity contribution in [3.8, 4) is 24.0 Å². The van der Waals surface area contributed by atoms with Crippen molar-refractivity contribution in [1.29, 1.82) is 0 Å². The number of hydrogen-bond donors (Lipinski definition) is 4. The lowest BCUT2D eigenvalue weighted by Crippen LogP contribution is -2.51. The molecule has 2 unspecified atom stereocenters. The van der Waals surface area contributed by atoms with Gasteiger partial charge in [0.05, 0.1) is 10.7 Å². The summed E-state index contributed by atoms with van der Waals surface area (Å²) >= 11 is 6.34. The maximum Gasteiger partial charge on any atom is 0.408 e. The molecular weight excluding hydrogens is 546 g/mol. The molecular formula is C31H32ClN3O6. The largest absolute Gasteiger partial charge is 0.508 e. The number of alkyl carbamates (subject to hydrolysis) is 1. The Kier molecular flexibility index (Phi) is 9.87. The van der Waals surface area contributed by atoms with Crippen molar-refractivity contribution in [3.05, 3.63) is 88.4 Å². The number of terminal acetylenes is 1. The first kappa shape index (κ1) is 30.9. The maximum absolute atomic E-state index is 14.0. The van der Waals surface area contributed by atoms with Gasteiger partial charge in [0, 0.05) is 12.5 Å². The molecule has 3 amide bonds. The molecule has 41 heavy (non-hydrogen) atoms. The average molecular weight is 578 g/mol. The molecule has 0 heterocycles. The van der Waals surface area contributed by atoms with Crippen LogP contribution in [-0.4, -0.2) is 44.7 Å². The highest BCUT2D eigenvalue weighted by Gasteiger charge is 2.36. The van der Waals surface area contributed by atoms with Crippen LogP contribution in [0.25, 0.3) is 0 Å². The Morgan fingerprint density at radius 1 is 1.00 bits per heavy atom. The van der Waals surface area contributed by atoms with E-state index in [0.717, 1.165) is 4.90 Å². The van der Waals surface area contributed by atoms with Crippen molar-refractivity contribution in [2.75, 3.05) is 5.32 Å². The number of phenols is 2. The minimum atomic E-state index is -1.37. The number of para-hydroxylation sites is 1. The molecule has 0 aliphatic rings. The minimum Gasteiger partial charge on any atom is -0.508 e. The number of rotatable bonds is 8. The van der Waals surface area contributed by atoms with Gasteiger partial charge in [0.2, 0.25) is 0 Å². The second kappa shape index (κ2) is 13.1. The molecule has 0 saturated carbocycles. The number of benzene rings is 3. The number of carbonyl (C=O) groups excluding carboxylic acids is 3. The second-order valence-corrected chi connectivity index (χ2v) is 10.7. The van der Waals surface area contributed by atoms with Crippen LogP contribution >= 0.6 is 11.6 Å². The molecule has 0 bridgehead atoms. The number of anilines is 1. The van der Waals surface area contributed by atoms with Crippen molar-refractivity contribution >= 4 is 35.2 Å². The molecule has 0 aliphatic heterocycles. The fraction of sp³-hybridized carbons (Fsp3) is 0.258. The molecule has 214 valence electrons. The van der Waals surface area contributed by atoms with E-state index in [2.05, 4.69) is 16.7 Å². The first-order chi connectivity index (χ1) is 19.3. The summed E-state index contributed by atoms with van der Waals surface area (Å²) in [5.41, 5.74) is 1.09. The number of nitrogens with zero attached hydrogens (tertiary/aromatic N) is 1. The molecule has 0 radical (unpaired) electrons. The van der Waals surface area contributed by atoms with Gasteiger partial charge in [0.1, 0.15) is 29.2 Å². The number of hydrogen-bond acceptors (Lipinski definition) is 6. The summed E-state index contributed by atoms with van der Waals surface area (Å²) in [6.45, 7) is 6.80. The number of carbonyl (C=O) groups is 3. The van der Waals surface area contributed by atoms with Gasteiger partial charge in [-0.05, 0) is 74.7 Å². The van der Waals surface area contributed by atoms with Crippen LogP contribution in [0.3, 0.4) is 0 Å². The molecule has 0 saturated heterocycles. The predicted molar refractivity (Wildman–Crippen MR) is 156 cm³/mol. The Morgan fingerprint density at radius 2 is 1.59 bits per heavy atom. The van der Waals surface area contributed by atoms with Crippen LogP contribution in [0.15, 0.2) is 66.7 Å². The van der Waals surface area contributed by atoms with Crippen LogP contribution in [0, 0.1) is 19.4 Å². The molecule has 10 heteroatoms. The fourth-order valence-corrected chi connectivity index (χ4v) is 4.28. The van der Waals surface area contributed by atoms with Crippen molar-refractivity contribution in [2.24, 2.45) is 0 Å². The van der Waals surface area contributed by atoms with Gasteiger partial charge in [-0.25, -0.2) is 4.79 Å². The minimum absolute atomic E-state index is 0.0237. The molecule has 3 rings (SSSR count). The van der Waals surface area contributed by atoms with E-state index in [4.69, 9.17) is 22.8 Å². The Labute approximate surface area is 244 Å². The van der Waals surface area contributed by atoms with E-state index in [-0.39, 0.29) is 22.9 Å². The summed E-state index contributed by atoms with van der Waals surface area (Å²) < 4.78 is 5.37. The van der Waals surface area contributed by atoms with Gasteiger partial charge >= 0.3 is 6.09 Å². The zero-order valence-electron chi connectivity index (χ0n) is 23.1. The van der Waals surface area contributed by atoms with Crippen molar-refractivity contribution in [1.82, 2.24) is 10.2 Å². The van der Waals surface area contributed by atoms with Gasteiger partial charge in [-0.3, -0.25) is 14.5 Å². The molecule has 2 atom stereocenters. The van der Waals surface area contributed by atoms with E-state index in [1.807, 2.05) is 0 Å². The lowest BCUT2D eigenvalue weighted by molar-refractivity contribution is -0.136. The monoisotopic (exact) mass is 577 g/mol. The van der Waals surface area contributed by atoms with Crippen molar-refractivity contribution < 1.29 is 29.3 Å². The van der Waals surface area contributed by atoms with E-state index >= 15 is 0 Å². The van der Waals surface area contributed by atoms with Crippen molar-refractivity contribution in [3.63, 3.8) is 0 Å². The van der Waals surface area contributed by atoms with E-state index in [1.165, 1.54) is 36.4 Å². The molecule has 4 N–H and O–H groups in total. The number of aromatic hydroxyl groups is 2. The lowest BCUT2D eigenvalue weighted by atomic mass is 10.0. The molecule has 3 aromatic carbocycles. The van der Waals surface area contributed by atoms with Crippen LogP contribution in [0.5, 0.6) is 11.5 Å². The van der Waals surface area contributed by atoms with Crippen LogP contribution in [0.1, 0.15) is 43.5 Å². The highest BCUT2D eigenvalue weighted by Crippen LogP contribution is 2.30. The average Bonchev–Trinajstić information content (AvgIpc) is 2.89. The molecule has 0 fully saturated rings. The van der Waals surface area contributed by atoms with Gasteiger partial charge < -0.3 is 25.6 Å². The zero-order valence-corrected chi connectivity index (χ0v) is 23.9. The van der Waals surface area contributed by atoms with Crippen LogP contribution in [0.2, 0.25) is 5.02 Å². The summed E-state index contributed by atoms with van der Waals surface area (Å²) in [6, 6.07) is 16.5. The molecule has 0 aromatic heterocycles. The van der Waals surface area contributed by atoms with Gasteiger partial charge in [-0.15, -0.1) is 0 Å². The second-order valence-electron chi connectivity index (χ2n) is 10.3. The van der Waals surface area contributed by atoms with E-state index in [0.29, 0.717) is 22.4 Å². The summed E-state index contributed by atoms with van der Waals surface area (Å²) in [6.07, 6.45) is 4.96. The Bertz CT molecular complexity index is 1420. The van der Waals surface area contributed by atoms with Crippen LogP contribution in [-0.2, 0) is 20.7 Å². The number of nitrogens with one attached hydrogen (secondary N) is 2. The number of amides is 3. The highest BCUT2D eigenvalue weighted by molar-refractivity contribution is 6.34. The van der Waals surface area contributed by atoms with Crippen LogP contribution in [0.4, 0.5) is 10.5 Å². The first-order valence-electron chi connectivity index (χ1n) is 12.7. The standard InChI is InChI=1S/C31H32ClN3O6/c1-6-35(29(39)25(33-30(40)41-31(3,4)5)18-20-10-14-22(36)15-11-20)27(21-12-16-23(37)17-13-21)28(38)34-26-19(2)8-7-9-24(26)32/h1,7-17,25,27,36-37H,18H2,2-5H3,(H,33,40)(H,34,38). The van der Waals surface area contributed by atoms with Gasteiger partial charge in [-0.2, -0.15) is 0 Å². The van der Waals surface area contributed by atoms with Crippen molar-refractivity contribution in [2.45, 2.75) is 51.8 Å². The van der Waals surface area contributed by atoms with E-state index < -0.39 is 35.6 Å². The van der Waals surface area contributed by atoms with Gasteiger partial charge in [0.15, 0.2) is 0 Å². The quantitative estimate of drug-likeness (QED) is 0.213. The van der Waals surface area contributed by atoms with E-state index in [9.17, 15) is 24.6 Å².